The van der Waals surface area contributed by atoms with Crippen molar-refractivity contribution in [3.8, 4) is 0 Å². The minimum absolute atomic E-state index is 0.163. The summed E-state index contributed by atoms with van der Waals surface area (Å²) in [6.45, 7) is 1.90. The Hall–Kier alpha value is -1.40. The van der Waals surface area contributed by atoms with Crippen LogP contribution in [0.2, 0.25) is 0 Å². The SMILES string of the molecule is CSCCC(CO)N(CC1=CC[C@@H]2CCC=CC2=N1)C[C@@H]1C=CC2=CC=CC[C@@H]2N1. The molecule has 0 fully saturated rings. The summed E-state index contributed by atoms with van der Waals surface area (Å²) in [4.78, 5) is 7.46. The molecule has 0 radical (unpaired) electrons. The first-order chi connectivity index (χ1) is 14.8. The zero-order valence-corrected chi connectivity index (χ0v) is 18.9. The molecule has 0 aromatic rings. The van der Waals surface area contributed by atoms with Crippen LogP contribution in [0.25, 0.3) is 0 Å². The van der Waals surface area contributed by atoms with Gasteiger partial charge < -0.3 is 10.4 Å². The lowest BCUT2D eigenvalue weighted by Gasteiger charge is -2.37. The fourth-order valence-corrected chi connectivity index (χ4v) is 5.33. The average Bonchev–Trinajstić information content (AvgIpc) is 2.79. The lowest BCUT2D eigenvalue weighted by Crippen LogP contribution is -2.51. The number of nitrogens with one attached hydrogen (secondary N) is 1. The molecule has 0 aromatic carbocycles. The number of hydrogen-bond donors (Lipinski definition) is 2. The molecule has 2 N–H and O–H groups in total. The average molecular weight is 426 g/mol. The summed E-state index contributed by atoms with van der Waals surface area (Å²) in [7, 11) is 0. The van der Waals surface area contributed by atoms with E-state index in [0.717, 1.165) is 43.8 Å². The molecule has 4 aliphatic rings. The normalized spacial score (nSPS) is 28.5. The monoisotopic (exact) mass is 425 g/mol. The zero-order chi connectivity index (χ0) is 20.8. The van der Waals surface area contributed by atoms with E-state index in [9.17, 15) is 5.11 Å². The van der Waals surface area contributed by atoms with Gasteiger partial charge in [-0.3, -0.25) is 9.89 Å². The van der Waals surface area contributed by atoms with Crippen molar-refractivity contribution in [1.29, 1.82) is 0 Å². The van der Waals surface area contributed by atoms with Crippen molar-refractivity contribution in [3.63, 3.8) is 0 Å². The van der Waals surface area contributed by atoms with Crippen molar-refractivity contribution >= 4 is 17.5 Å². The maximum atomic E-state index is 10.2. The van der Waals surface area contributed by atoms with Gasteiger partial charge in [-0.1, -0.05) is 42.5 Å². The van der Waals surface area contributed by atoms with E-state index < -0.39 is 0 Å². The molecule has 0 aromatic heterocycles. The highest BCUT2D eigenvalue weighted by atomic mass is 32.2. The van der Waals surface area contributed by atoms with Crippen LogP contribution in [-0.4, -0.2) is 65.5 Å². The quantitative estimate of drug-likeness (QED) is 0.589. The highest BCUT2D eigenvalue weighted by Crippen LogP contribution is 2.27. The number of fused-ring (bicyclic) bond motifs is 2. The Morgan fingerprint density at radius 3 is 3.10 bits per heavy atom. The van der Waals surface area contributed by atoms with Gasteiger partial charge in [-0.05, 0) is 55.8 Å². The van der Waals surface area contributed by atoms with Crippen molar-refractivity contribution < 1.29 is 5.11 Å². The first-order valence-electron chi connectivity index (χ1n) is 11.4. The zero-order valence-electron chi connectivity index (χ0n) is 18.0. The number of nitrogens with zero attached hydrogens (tertiary/aromatic N) is 2. The molecule has 30 heavy (non-hydrogen) atoms. The molecule has 162 valence electrons. The molecule has 0 saturated carbocycles. The predicted octanol–water partition coefficient (Wildman–Crippen LogP) is 3.88. The van der Waals surface area contributed by atoms with Crippen LogP contribution in [0.15, 0.2) is 64.9 Å². The molecule has 0 saturated heterocycles. The molecule has 4 rings (SSSR count). The van der Waals surface area contributed by atoms with Gasteiger partial charge in [0.05, 0.1) is 12.3 Å². The van der Waals surface area contributed by atoms with Gasteiger partial charge in [0, 0.05) is 42.8 Å². The Balaban J connectivity index is 1.47. The fourth-order valence-electron chi connectivity index (χ4n) is 4.83. The molecule has 0 bridgehead atoms. The lowest BCUT2D eigenvalue weighted by atomic mass is 9.87. The Labute approximate surface area is 185 Å². The Morgan fingerprint density at radius 1 is 1.30 bits per heavy atom. The maximum absolute atomic E-state index is 10.2. The van der Waals surface area contributed by atoms with Crippen LogP contribution < -0.4 is 5.32 Å². The van der Waals surface area contributed by atoms with Crippen molar-refractivity contribution in [2.45, 2.75) is 50.2 Å². The second-order valence-corrected chi connectivity index (χ2v) is 9.69. The van der Waals surface area contributed by atoms with Crippen LogP contribution >= 0.6 is 11.8 Å². The number of rotatable bonds is 9. The third-order valence-electron chi connectivity index (χ3n) is 6.61. The van der Waals surface area contributed by atoms with E-state index in [2.05, 4.69) is 65.1 Å². The summed E-state index contributed by atoms with van der Waals surface area (Å²) in [5.41, 5.74) is 3.79. The number of allylic oxidation sites excluding steroid dienone is 5. The van der Waals surface area contributed by atoms with Crippen molar-refractivity contribution in [1.82, 2.24) is 10.2 Å². The van der Waals surface area contributed by atoms with Crippen LogP contribution in [0.4, 0.5) is 0 Å². The summed E-state index contributed by atoms with van der Waals surface area (Å²) in [6.07, 6.45) is 25.7. The molecule has 2 heterocycles. The van der Waals surface area contributed by atoms with E-state index >= 15 is 0 Å². The predicted molar refractivity (Wildman–Crippen MR) is 129 cm³/mol. The summed E-state index contributed by atoms with van der Waals surface area (Å²) < 4.78 is 0. The van der Waals surface area contributed by atoms with Crippen LogP contribution in [-0.2, 0) is 0 Å². The van der Waals surface area contributed by atoms with E-state index in [0.29, 0.717) is 18.0 Å². The van der Waals surface area contributed by atoms with Gasteiger partial charge in [0.2, 0.25) is 0 Å². The van der Waals surface area contributed by atoms with Gasteiger partial charge in [0.15, 0.2) is 0 Å². The van der Waals surface area contributed by atoms with E-state index in [-0.39, 0.29) is 12.6 Å². The number of aliphatic hydroxyl groups is 1. The van der Waals surface area contributed by atoms with Gasteiger partial charge in [0.25, 0.3) is 0 Å². The van der Waals surface area contributed by atoms with E-state index in [4.69, 9.17) is 4.99 Å². The summed E-state index contributed by atoms with van der Waals surface area (Å²) in [5, 5.41) is 14.0. The second-order valence-electron chi connectivity index (χ2n) is 8.71. The van der Waals surface area contributed by atoms with Crippen LogP contribution in [0.5, 0.6) is 0 Å². The van der Waals surface area contributed by atoms with Gasteiger partial charge in [-0.25, -0.2) is 0 Å². The maximum Gasteiger partial charge on any atom is 0.0587 e. The molecule has 4 nitrogen and oxygen atoms in total. The molecule has 2 aliphatic heterocycles. The molecule has 0 amide bonds. The Bertz CT molecular complexity index is 779. The molecule has 1 unspecified atom stereocenters. The molecule has 5 heteroatoms. The van der Waals surface area contributed by atoms with Gasteiger partial charge in [0.1, 0.15) is 0 Å². The topological polar surface area (TPSA) is 47.9 Å². The number of aliphatic imine (C=N–C) groups is 1. The summed E-state index contributed by atoms with van der Waals surface area (Å²) >= 11 is 1.85. The summed E-state index contributed by atoms with van der Waals surface area (Å²) in [5.74, 6) is 1.67. The standard InChI is InChI=1S/C25H35N3OS/c1-30-15-14-23(18-29)28(16-21-12-10-19-6-2-4-8-24(19)26-21)17-22-13-11-20-7-3-5-9-25(20)27-22/h2,4-6,9-10,12-13,20-21,23-24,26,29H,3,7-8,11,14-18H2,1H3/t20-,21-,23?,24-/m0/s1. The molecular weight excluding hydrogens is 390 g/mol. The minimum Gasteiger partial charge on any atom is -0.395 e. The summed E-state index contributed by atoms with van der Waals surface area (Å²) in [6, 6.07) is 0.866. The third-order valence-corrected chi connectivity index (χ3v) is 7.26. The third kappa shape index (κ3) is 5.44. The van der Waals surface area contributed by atoms with Crippen LogP contribution in [0, 0.1) is 5.92 Å². The first kappa shape index (κ1) is 21.8. The smallest absolute Gasteiger partial charge is 0.0587 e. The largest absolute Gasteiger partial charge is 0.395 e. The minimum atomic E-state index is 0.163. The van der Waals surface area contributed by atoms with Crippen LogP contribution in [0.3, 0.4) is 0 Å². The number of hydrogen-bond acceptors (Lipinski definition) is 5. The van der Waals surface area contributed by atoms with Gasteiger partial charge in [-0.2, -0.15) is 11.8 Å². The fraction of sp³-hybridized carbons (Fsp3) is 0.560. The first-order valence-corrected chi connectivity index (χ1v) is 12.7. The van der Waals surface area contributed by atoms with E-state index in [1.165, 1.54) is 24.1 Å². The van der Waals surface area contributed by atoms with Crippen molar-refractivity contribution in [2.24, 2.45) is 10.9 Å². The molecular formula is C25H35N3OS. The van der Waals surface area contributed by atoms with Crippen LogP contribution in [0.1, 0.15) is 32.1 Å². The lowest BCUT2D eigenvalue weighted by molar-refractivity contribution is 0.121. The number of thioether (sulfide) groups is 1. The van der Waals surface area contributed by atoms with Gasteiger partial charge >= 0.3 is 0 Å². The Kier molecular flexibility index (Phi) is 7.83. The molecule has 2 aliphatic carbocycles. The van der Waals surface area contributed by atoms with E-state index in [1.54, 1.807) is 0 Å². The van der Waals surface area contributed by atoms with Crippen molar-refractivity contribution in [3.05, 3.63) is 59.9 Å². The molecule has 4 atom stereocenters. The molecule has 0 spiro atoms. The second kappa shape index (κ2) is 10.8. The highest BCUT2D eigenvalue weighted by Gasteiger charge is 2.27. The van der Waals surface area contributed by atoms with E-state index in [1.807, 2.05) is 11.8 Å². The highest BCUT2D eigenvalue weighted by molar-refractivity contribution is 7.98. The number of aliphatic hydroxyl groups excluding tert-OH is 1. The van der Waals surface area contributed by atoms with Gasteiger partial charge in [-0.15, -0.1) is 0 Å². The van der Waals surface area contributed by atoms with Crippen molar-refractivity contribution in [2.75, 3.05) is 31.7 Å². The Morgan fingerprint density at radius 2 is 2.23 bits per heavy atom.